The van der Waals surface area contributed by atoms with Gasteiger partial charge in [-0.15, -0.1) is 0 Å². The van der Waals surface area contributed by atoms with E-state index in [1.807, 2.05) is 65.1 Å². The number of nitrogens with zero attached hydrogens (tertiary/aromatic N) is 1. The van der Waals surface area contributed by atoms with Crippen LogP contribution in [0.3, 0.4) is 0 Å². The third kappa shape index (κ3) is 17.5. The summed E-state index contributed by atoms with van der Waals surface area (Å²) in [6.07, 6.45) is 11.9. The molecule has 2 saturated carbocycles. The van der Waals surface area contributed by atoms with Crippen LogP contribution in [0.5, 0.6) is 0 Å². The predicted molar refractivity (Wildman–Crippen MR) is 383 cm³/mol. The molecule has 6 N–H and O–H groups in total. The Morgan fingerprint density at radius 1 is 0.786 bits per heavy atom. The van der Waals surface area contributed by atoms with Gasteiger partial charge in [-0.2, -0.15) is 8.42 Å². The second-order valence-electron chi connectivity index (χ2n) is 33.3. The zero-order valence-electron chi connectivity index (χ0n) is 65.2. The molecule has 8 aliphatic rings. The van der Waals surface area contributed by atoms with Crippen LogP contribution in [-0.2, 0) is 76.4 Å². The number of allylic oxidation sites excluding steroid dienone is 4. The second-order valence-corrected chi connectivity index (χ2v) is 34.4. The van der Waals surface area contributed by atoms with Crippen molar-refractivity contribution in [1.29, 1.82) is 0 Å². The molecule has 0 radical (unpaired) electrons. The quantitative estimate of drug-likeness (QED) is 0.0272. The molecule has 9 rings (SSSR count). The number of hydrogen-bond acceptors (Lipinski definition) is 23. The minimum atomic E-state index is -4.23. The van der Waals surface area contributed by atoms with Gasteiger partial charge in [-0.05, 0) is 156 Å². The third-order valence-corrected chi connectivity index (χ3v) is 25.7. The normalized spacial score (nSPS) is 41.8. The van der Waals surface area contributed by atoms with Gasteiger partial charge in [-0.25, -0.2) is 4.18 Å². The number of likely N-dealkylation sites (N-methyl/N-ethyl adjacent to an activating group) is 1. The summed E-state index contributed by atoms with van der Waals surface area (Å²) in [5, 5.41) is 57.9. The Balaban J connectivity index is 0.000000255. The standard InChI is InChI=1S/C40H71NO14.C26H30O5.C12H26O4S/c1-15-27-40(11,48)33(44)22(5)30(43)20(3)18-38(9,47)35(55-37-32(53-28(42)16-2)26(41(12)13)17-21(4)50-37)23(6)31(24(7)36(46)52-27)54-29-19-39(10,49-14)34(45)25(8)51-29;1-22(2)17(27)7-9-23(3)16-6-10-24(4)15(14-8-11-30-13-14)12-18-26(24,31-18)25(16,5)21(29)19(28)20(22)23;1-2-3-4-5-6-7-8-9-10-11-12-16-17(13,14)15/h20-27,29,31-35,37,44-45,47-48H,15-19H2,1-14H3;7-9,11,13,15-16,18,28H,6,10,12H2,1-5H3;2-12H2,1H3,(H,13,14,15). The first kappa shape index (κ1) is 86.2. The molecule has 588 valence electrons. The van der Waals surface area contributed by atoms with Gasteiger partial charge >= 0.3 is 22.3 Å². The Bertz CT molecular complexity index is 3240. The van der Waals surface area contributed by atoms with Crippen LogP contribution >= 0.6 is 0 Å². The zero-order chi connectivity index (χ0) is 77.1. The van der Waals surface area contributed by atoms with E-state index in [0.717, 1.165) is 32.1 Å². The maximum absolute atomic E-state index is 14.2. The van der Waals surface area contributed by atoms with E-state index in [-0.39, 0.29) is 85.1 Å². The summed E-state index contributed by atoms with van der Waals surface area (Å²) < 4.78 is 88.5. The molecule has 5 heterocycles. The van der Waals surface area contributed by atoms with Crippen molar-refractivity contribution in [2.75, 3.05) is 27.8 Å². The fraction of sp³-hybridized carbons (Fsp3) is 0.833. The molecule has 1 aromatic rings. The van der Waals surface area contributed by atoms with Crippen LogP contribution in [0.15, 0.2) is 46.5 Å². The van der Waals surface area contributed by atoms with Gasteiger partial charge in [0.05, 0.1) is 89.7 Å². The van der Waals surface area contributed by atoms with Gasteiger partial charge < -0.3 is 72.7 Å². The molecule has 0 bridgehead atoms. The number of fused-ring (bicyclic) bond motifs is 3. The van der Waals surface area contributed by atoms with Crippen LogP contribution in [0.25, 0.3) is 0 Å². The van der Waals surface area contributed by atoms with Crippen LogP contribution in [-0.4, -0.2) is 196 Å². The summed E-state index contributed by atoms with van der Waals surface area (Å²) in [5.74, 6) is -5.90. The number of ether oxygens (including phenoxy) is 8. The van der Waals surface area contributed by atoms with E-state index in [1.54, 1.807) is 60.8 Å². The molecule has 25 atom stereocenters. The van der Waals surface area contributed by atoms with E-state index in [1.165, 1.54) is 78.4 Å². The lowest BCUT2D eigenvalue weighted by molar-refractivity contribution is -0.319. The Morgan fingerprint density at radius 2 is 1.41 bits per heavy atom. The van der Waals surface area contributed by atoms with Gasteiger partial charge in [0.25, 0.3) is 0 Å². The average Bonchev–Trinajstić information content (AvgIpc) is 1.46. The highest BCUT2D eigenvalue weighted by Crippen LogP contribution is 2.81. The molecule has 103 heavy (non-hydrogen) atoms. The van der Waals surface area contributed by atoms with Crippen molar-refractivity contribution in [3.8, 4) is 0 Å². The Kier molecular flexibility index (Phi) is 28.3. The Labute approximate surface area is 612 Å². The van der Waals surface area contributed by atoms with Crippen LogP contribution in [0.1, 0.15) is 245 Å². The van der Waals surface area contributed by atoms with Crippen LogP contribution in [0, 0.1) is 51.2 Å². The zero-order valence-corrected chi connectivity index (χ0v) is 66.0. The number of rotatable bonds is 22. The number of carbonyl (C=O) groups excluding carboxylic acids is 5. The number of hydrogen-bond donors (Lipinski definition) is 6. The molecule has 0 aromatic carbocycles. The van der Waals surface area contributed by atoms with Crippen molar-refractivity contribution in [2.24, 2.45) is 51.2 Å². The van der Waals surface area contributed by atoms with Crippen molar-refractivity contribution in [3.05, 3.63) is 47.6 Å². The van der Waals surface area contributed by atoms with Gasteiger partial charge in [0.2, 0.25) is 5.78 Å². The molecule has 24 nitrogen and oxygen atoms in total. The van der Waals surface area contributed by atoms with E-state index in [2.05, 4.69) is 25.0 Å². The number of unbranched alkanes of at least 4 members (excludes halogenated alkanes) is 9. The van der Waals surface area contributed by atoms with E-state index in [0.29, 0.717) is 18.4 Å². The van der Waals surface area contributed by atoms with Gasteiger partial charge in [0.15, 0.2) is 30.2 Å². The van der Waals surface area contributed by atoms with E-state index < -0.39 is 146 Å². The fourth-order valence-electron chi connectivity index (χ4n) is 19.3. The summed E-state index contributed by atoms with van der Waals surface area (Å²) in [4.78, 5) is 69.6. The lowest BCUT2D eigenvalue weighted by atomic mass is 9.39. The number of furan rings is 1. The van der Waals surface area contributed by atoms with Gasteiger partial charge in [-0.1, -0.05) is 119 Å². The number of epoxide rings is 1. The highest BCUT2D eigenvalue weighted by atomic mass is 32.3. The summed E-state index contributed by atoms with van der Waals surface area (Å²) in [5.41, 5.74) is -6.32. The highest BCUT2D eigenvalue weighted by molar-refractivity contribution is 7.80. The number of esters is 2. The maximum Gasteiger partial charge on any atom is 0.397 e. The van der Waals surface area contributed by atoms with Gasteiger partial charge in [0.1, 0.15) is 29.2 Å². The predicted octanol–water partition coefficient (Wildman–Crippen LogP) is 11.4. The largest absolute Gasteiger partial charge is 0.504 e. The molecule has 6 fully saturated rings. The van der Waals surface area contributed by atoms with Crippen molar-refractivity contribution < 1.29 is 109 Å². The first-order valence-corrected chi connectivity index (χ1v) is 39.4. The van der Waals surface area contributed by atoms with Crippen molar-refractivity contribution in [1.82, 2.24) is 4.90 Å². The molecule has 25 unspecified atom stereocenters. The molecule has 4 aliphatic heterocycles. The molecular formula is C78H127NO23S. The SMILES string of the molecule is CC1(C)C(=O)C=CC2(C)C1=C(O)C(=O)C1(C)C2CCC2(C)C(c3ccoc3)CC3OC321.CCC(=O)OC1C(OC2C(C)C(OC3CC(C)(OC)C(O)C(C)O3)C(C)C(=O)OC(CC)C(C)(O)C(O)C(C)C(=O)C(C)CC2(C)O)OC(C)CC1N(C)C.CCCCCCCCCCCCOS(=O)(=O)O. The number of aliphatic hydroxyl groups is 5. The second kappa shape index (κ2) is 33.8. The minimum absolute atomic E-state index is 0.00527. The molecule has 25 heteroatoms. The number of Topliss-reactive ketones (excluding diaryl/α,β-unsaturated/α-hetero) is 2. The lowest BCUT2D eigenvalue weighted by Crippen LogP contribution is -2.66. The first-order chi connectivity index (χ1) is 47.9. The van der Waals surface area contributed by atoms with E-state index in [4.69, 9.17) is 46.9 Å². The first-order valence-electron chi connectivity index (χ1n) is 38.0. The molecular weight excluding hydrogens is 1350 g/mol. The van der Waals surface area contributed by atoms with E-state index in [9.17, 15) is 57.9 Å². The van der Waals surface area contributed by atoms with E-state index >= 15 is 0 Å². The molecule has 1 aromatic heterocycles. The number of aliphatic hydroxyl groups excluding tert-OH is 3. The van der Waals surface area contributed by atoms with Gasteiger partial charge in [-0.3, -0.25) is 28.5 Å². The minimum Gasteiger partial charge on any atom is -0.504 e. The summed E-state index contributed by atoms with van der Waals surface area (Å²) in [6, 6.07) is 1.71. The molecule has 4 aliphatic carbocycles. The van der Waals surface area contributed by atoms with Crippen molar-refractivity contribution in [3.63, 3.8) is 0 Å². The highest BCUT2D eigenvalue weighted by Gasteiger charge is 2.87. The van der Waals surface area contributed by atoms with Crippen LogP contribution in [0.4, 0.5) is 0 Å². The number of ketones is 3. The van der Waals surface area contributed by atoms with Crippen molar-refractivity contribution >= 4 is 39.7 Å². The third-order valence-electron chi connectivity index (χ3n) is 25.2. The topological polar surface area (TPSA) is 344 Å². The summed E-state index contributed by atoms with van der Waals surface area (Å²) >= 11 is 0. The number of carbonyl (C=O) groups is 5. The average molecular weight is 1480 g/mol. The molecule has 4 saturated heterocycles. The fourth-order valence-corrected chi connectivity index (χ4v) is 19.6. The smallest absolute Gasteiger partial charge is 0.397 e. The number of methoxy groups -OCH3 is 1. The number of cyclic esters (lactones) is 1. The Morgan fingerprint density at radius 3 is 1.97 bits per heavy atom. The Hall–Kier alpha value is -4.06. The molecule has 0 amide bonds. The van der Waals surface area contributed by atoms with Gasteiger partial charge in [0, 0.05) is 48.5 Å². The van der Waals surface area contributed by atoms with Crippen molar-refractivity contribution in [2.45, 2.75) is 335 Å². The summed E-state index contributed by atoms with van der Waals surface area (Å²) in [7, 11) is 0.973. The maximum atomic E-state index is 14.2. The summed E-state index contributed by atoms with van der Waals surface area (Å²) in [6.45, 7) is 30.3. The lowest BCUT2D eigenvalue weighted by Gasteiger charge is -2.62. The van der Waals surface area contributed by atoms with Crippen LogP contribution in [0.2, 0.25) is 0 Å². The van der Waals surface area contributed by atoms with Crippen LogP contribution < -0.4 is 0 Å². The monoisotopic (exact) mass is 1480 g/mol. The molecule has 1 spiro atoms.